The van der Waals surface area contributed by atoms with E-state index in [4.69, 9.17) is 26.3 Å². The van der Waals surface area contributed by atoms with Crippen LogP contribution in [0.5, 0.6) is 0 Å². The van der Waals surface area contributed by atoms with Crippen LogP contribution in [-0.4, -0.2) is 102 Å². The maximum absolute atomic E-state index is 13.9. The number of aromatic amines is 2. The number of carboxylic acid groups (broad SMARTS) is 1. The molecule has 0 radical (unpaired) electrons. The third-order valence-electron chi connectivity index (χ3n) is 12.4. The summed E-state index contributed by atoms with van der Waals surface area (Å²) in [5.74, 6) is 0.569. The molecule has 2 saturated heterocycles. The molecular weight excluding hydrogens is 796 g/mol. The molecule has 2 aliphatic rings. The van der Waals surface area contributed by atoms with Gasteiger partial charge in [0.15, 0.2) is 5.15 Å². The Kier molecular flexibility index (Phi) is 12.5. The Hall–Kier alpha value is -5.89. The minimum Gasteiger partial charge on any atom is -0.465 e. The highest BCUT2D eigenvalue weighted by molar-refractivity contribution is 6.32. The average Bonchev–Trinajstić information content (AvgIpc) is 4.05. The molecule has 322 valence electrons. The summed E-state index contributed by atoms with van der Waals surface area (Å²) in [5.41, 5.74) is 5.33. The number of H-pyrrole nitrogens is 2. The van der Waals surface area contributed by atoms with Crippen LogP contribution in [0.1, 0.15) is 91.0 Å². The zero-order valence-electron chi connectivity index (χ0n) is 35.9. The van der Waals surface area contributed by atoms with Gasteiger partial charge in [-0.2, -0.15) is 0 Å². The monoisotopic (exact) mass is 850 g/mol. The van der Waals surface area contributed by atoms with Crippen LogP contribution in [-0.2, 0) is 14.3 Å². The number of benzene rings is 3. The Bertz CT molecular complexity index is 2430. The van der Waals surface area contributed by atoms with E-state index in [1.165, 1.54) is 14.2 Å². The number of carbonyl (C=O) groups is 4. The number of fused-ring (bicyclic) bond motifs is 1. The SMILES string of the molecule is COC(=O)N[C@H](C(=O)N1[C@@H](C)CC[C@H]1c1nc(Cl)c(-c2ccc3cc(-c4ccc(-c5c[nH]c([C@@H]6CC[C@H](C)N6C(=O)[C@H](C(C)C)N(C)C(=O)O)n5)cc4)ccc3c2)[nH]1)C(C)C. The van der Waals surface area contributed by atoms with Gasteiger partial charge in [0.05, 0.1) is 30.6 Å². The van der Waals surface area contributed by atoms with Gasteiger partial charge in [-0.1, -0.05) is 87.8 Å². The normalized spacial score (nSPS) is 20.0. The lowest BCUT2D eigenvalue weighted by Crippen LogP contribution is -2.53. The van der Waals surface area contributed by atoms with Crippen molar-refractivity contribution >= 4 is 46.4 Å². The Labute approximate surface area is 361 Å². The minimum atomic E-state index is -1.13. The van der Waals surface area contributed by atoms with E-state index < -0.39 is 24.3 Å². The van der Waals surface area contributed by atoms with Gasteiger partial charge >= 0.3 is 12.2 Å². The summed E-state index contributed by atoms with van der Waals surface area (Å²) in [6.45, 7) is 11.5. The maximum Gasteiger partial charge on any atom is 0.407 e. The summed E-state index contributed by atoms with van der Waals surface area (Å²) in [6, 6.07) is 18.4. The fraction of sp³-hybridized carbons (Fsp3) is 0.435. The van der Waals surface area contributed by atoms with E-state index in [9.17, 15) is 24.3 Å². The van der Waals surface area contributed by atoms with Crippen LogP contribution in [0.2, 0.25) is 5.15 Å². The van der Waals surface area contributed by atoms with Gasteiger partial charge in [-0.25, -0.2) is 19.6 Å². The smallest absolute Gasteiger partial charge is 0.407 e. The number of imidazole rings is 2. The van der Waals surface area contributed by atoms with Crippen LogP contribution in [0.4, 0.5) is 9.59 Å². The Morgan fingerprint density at radius 3 is 1.93 bits per heavy atom. The zero-order chi connectivity index (χ0) is 43.9. The van der Waals surface area contributed by atoms with Gasteiger partial charge in [-0.05, 0) is 85.4 Å². The molecule has 4 amide bonds. The largest absolute Gasteiger partial charge is 0.465 e. The predicted molar refractivity (Wildman–Crippen MR) is 235 cm³/mol. The highest BCUT2D eigenvalue weighted by Gasteiger charge is 2.43. The Balaban J connectivity index is 1.06. The number of alkyl carbamates (subject to hydrolysis) is 1. The van der Waals surface area contributed by atoms with Crippen LogP contribution >= 0.6 is 11.6 Å². The van der Waals surface area contributed by atoms with Crippen molar-refractivity contribution in [2.75, 3.05) is 14.2 Å². The molecule has 14 nitrogen and oxygen atoms in total. The number of likely N-dealkylation sites (tertiary alicyclic amines) is 2. The number of amides is 4. The lowest BCUT2D eigenvalue weighted by Gasteiger charge is -2.36. The van der Waals surface area contributed by atoms with Crippen molar-refractivity contribution < 1.29 is 29.0 Å². The van der Waals surface area contributed by atoms with Crippen LogP contribution in [0, 0.1) is 11.8 Å². The van der Waals surface area contributed by atoms with Crippen molar-refractivity contribution in [3.05, 3.63) is 83.7 Å². The van der Waals surface area contributed by atoms with E-state index in [2.05, 4.69) is 57.7 Å². The van der Waals surface area contributed by atoms with Gasteiger partial charge in [0.1, 0.15) is 23.7 Å². The highest BCUT2D eigenvalue weighted by Crippen LogP contribution is 2.40. The van der Waals surface area contributed by atoms with Gasteiger partial charge in [-0.3, -0.25) is 14.5 Å². The number of likely N-dealkylation sites (N-methyl/N-ethyl adjacent to an activating group) is 1. The first-order valence-corrected chi connectivity index (χ1v) is 21.4. The number of methoxy groups -OCH3 is 1. The van der Waals surface area contributed by atoms with Crippen LogP contribution < -0.4 is 5.32 Å². The quantitative estimate of drug-likeness (QED) is 0.102. The Morgan fingerprint density at radius 2 is 1.34 bits per heavy atom. The van der Waals surface area contributed by atoms with Crippen molar-refractivity contribution in [3.8, 4) is 33.6 Å². The van der Waals surface area contributed by atoms with E-state index in [1.54, 1.807) is 0 Å². The number of hydrogen-bond donors (Lipinski definition) is 4. The van der Waals surface area contributed by atoms with Gasteiger partial charge < -0.3 is 34.9 Å². The lowest BCUT2D eigenvalue weighted by atomic mass is 9.98. The third kappa shape index (κ3) is 8.55. The van der Waals surface area contributed by atoms with Gasteiger partial charge in [-0.15, -0.1) is 0 Å². The number of hydrogen-bond acceptors (Lipinski definition) is 7. The molecule has 0 bridgehead atoms. The second-order valence-corrected chi connectivity index (χ2v) is 17.5. The van der Waals surface area contributed by atoms with E-state index >= 15 is 0 Å². The number of ether oxygens (including phenoxy) is 1. The summed E-state index contributed by atoms with van der Waals surface area (Å²) in [7, 11) is 2.73. The van der Waals surface area contributed by atoms with Crippen molar-refractivity contribution in [2.24, 2.45) is 11.8 Å². The molecule has 0 unspecified atom stereocenters. The van der Waals surface area contributed by atoms with Gasteiger partial charge in [0.25, 0.3) is 0 Å². The fourth-order valence-corrected chi connectivity index (χ4v) is 9.31. The number of carbonyl (C=O) groups excluding carboxylic acids is 3. The highest BCUT2D eigenvalue weighted by atomic mass is 35.5. The summed E-state index contributed by atoms with van der Waals surface area (Å²) in [6.07, 6.45) is 3.11. The molecule has 0 aliphatic carbocycles. The first kappa shape index (κ1) is 43.2. The van der Waals surface area contributed by atoms with E-state index in [-0.39, 0.29) is 47.8 Å². The van der Waals surface area contributed by atoms with Crippen LogP contribution in [0.25, 0.3) is 44.4 Å². The summed E-state index contributed by atoms with van der Waals surface area (Å²) >= 11 is 6.78. The minimum absolute atomic E-state index is 0.0445. The molecule has 3 aromatic carbocycles. The molecular formula is C46H55ClN8O6. The predicted octanol–water partition coefficient (Wildman–Crippen LogP) is 9.06. The molecule has 2 fully saturated rings. The van der Waals surface area contributed by atoms with Gasteiger partial charge in [0.2, 0.25) is 11.8 Å². The summed E-state index contributed by atoms with van der Waals surface area (Å²) < 4.78 is 4.79. The number of aromatic nitrogens is 4. The van der Waals surface area contributed by atoms with Crippen molar-refractivity contribution in [2.45, 2.75) is 103 Å². The maximum atomic E-state index is 13.9. The molecule has 2 aromatic heterocycles. The summed E-state index contributed by atoms with van der Waals surface area (Å²) in [5, 5.41) is 14.8. The molecule has 15 heteroatoms. The summed E-state index contributed by atoms with van der Waals surface area (Å²) in [4.78, 5) is 72.7. The van der Waals surface area contributed by atoms with Crippen molar-refractivity contribution in [1.82, 2.24) is 40.0 Å². The lowest BCUT2D eigenvalue weighted by molar-refractivity contribution is -0.140. The first-order valence-electron chi connectivity index (χ1n) is 21.0. The van der Waals surface area contributed by atoms with E-state index in [1.807, 2.05) is 75.7 Å². The number of nitrogens with zero attached hydrogens (tertiary/aromatic N) is 5. The number of rotatable bonds is 11. The Morgan fingerprint density at radius 1 is 0.787 bits per heavy atom. The molecule has 4 heterocycles. The standard InChI is InChI=1S/C46H55ClN8O6/c1-24(2)37(51-45(58)61-8)43(56)54-26(5)10-20-36(54)42-50-38(40(47)52-42)33-18-17-31-21-30(15-16-32(31)22-33)28-11-13-29(14-12-28)34-23-48-41(49-34)35-19-9-27(6)55(35)44(57)39(25(3)4)53(7)46(59)60/h11-18,21-27,35-37,39H,9-10,19-20H2,1-8H3,(H,48,49)(H,50,52)(H,51,58)(H,59,60)/t26-,27-,35-,36-,37-,39-/m0/s1. The second-order valence-electron chi connectivity index (χ2n) is 17.1. The van der Waals surface area contributed by atoms with Crippen LogP contribution in [0.15, 0.2) is 66.9 Å². The molecule has 7 rings (SSSR count). The van der Waals surface area contributed by atoms with Crippen molar-refractivity contribution in [1.29, 1.82) is 0 Å². The van der Waals surface area contributed by atoms with Crippen LogP contribution in [0.3, 0.4) is 0 Å². The van der Waals surface area contributed by atoms with Crippen molar-refractivity contribution in [3.63, 3.8) is 0 Å². The fourth-order valence-electron chi connectivity index (χ4n) is 9.06. The second kappa shape index (κ2) is 17.6. The zero-order valence-corrected chi connectivity index (χ0v) is 36.7. The van der Waals surface area contributed by atoms with E-state index in [0.717, 1.165) is 62.9 Å². The molecule has 61 heavy (non-hydrogen) atoms. The molecule has 0 spiro atoms. The number of nitrogens with one attached hydrogen (secondary N) is 3. The molecule has 0 saturated carbocycles. The molecule has 2 aliphatic heterocycles. The third-order valence-corrected chi connectivity index (χ3v) is 12.7. The molecule has 6 atom stereocenters. The molecule has 4 N–H and O–H groups in total. The van der Waals surface area contributed by atoms with E-state index in [0.29, 0.717) is 28.9 Å². The average molecular weight is 851 g/mol. The number of halogens is 1. The van der Waals surface area contributed by atoms with Gasteiger partial charge in [0, 0.05) is 36.5 Å². The molecule has 5 aromatic rings. The topological polar surface area (TPSA) is 177 Å². The first-order chi connectivity index (χ1) is 29.1.